The molecule has 0 amide bonds. The molecule has 19 heavy (non-hydrogen) atoms. The van der Waals surface area contributed by atoms with Crippen molar-refractivity contribution in [2.24, 2.45) is 5.92 Å². The topological polar surface area (TPSA) is 92.7 Å². The maximum atomic E-state index is 12.0. The van der Waals surface area contributed by atoms with Crippen LogP contribution in [-0.4, -0.2) is 26.1 Å². The molecule has 6 nitrogen and oxygen atoms in total. The minimum Gasteiger partial charge on any atom is -0.478 e. The minimum absolute atomic E-state index is 0.0881. The van der Waals surface area contributed by atoms with E-state index in [1.54, 1.807) is 6.92 Å². The van der Waals surface area contributed by atoms with E-state index in [1.807, 2.05) is 18.7 Å². The van der Waals surface area contributed by atoms with Crippen LogP contribution in [0.5, 0.6) is 0 Å². The Morgan fingerprint density at radius 2 is 2.05 bits per heavy atom. The lowest BCUT2D eigenvalue weighted by Crippen LogP contribution is -2.26. The van der Waals surface area contributed by atoms with Crippen LogP contribution in [0.15, 0.2) is 23.1 Å². The molecule has 1 aromatic carbocycles. The van der Waals surface area contributed by atoms with Crippen LogP contribution in [0.4, 0.5) is 0 Å². The minimum atomic E-state index is -3.88. The van der Waals surface area contributed by atoms with Crippen molar-refractivity contribution in [2.45, 2.75) is 25.7 Å². The average molecular weight is 287 g/mol. The molecular weight excluding hydrogens is 270 g/mol. The van der Waals surface area contributed by atoms with Crippen LogP contribution in [0, 0.1) is 12.8 Å². The highest BCUT2D eigenvalue weighted by Gasteiger charge is 2.19. The number of carboxylic acids is 1. The summed E-state index contributed by atoms with van der Waals surface area (Å²) in [5, 5.41) is 8.87. The Labute approximate surface area is 112 Å². The molecule has 0 saturated heterocycles. The fourth-order valence-corrected chi connectivity index (χ4v) is 2.43. The summed E-state index contributed by atoms with van der Waals surface area (Å²) in [7, 11) is -3.88. The molecule has 0 heterocycles. The zero-order chi connectivity index (χ0) is 14.6. The molecule has 0 aliphatic heterocycles. The van der Waals surface area contributed by atoms with Gasteiger partial charge in [0.25, 0.3) is 10.0 Å². The third-order valence-electron chi connectivity index (χ3n) is 2.31. The number of carboxylic acid groups (broad SMARTS) is 1. The maximum Gasteiger partial charge on any atom is 0.335 e. The summed E-state index contributed by atoms with van der Waals surface area (Å²) in [4.78, 5) is 17.6. The predicted octanol–water partition coefficient (Wildman–Crippen LogP) is 1.56. The van der Waals surface area contributed by atoms with E-state index in [9.17, 15) is 13.2 Å². The Balaban J connectivity index is 3.00. The summed E-state index contributed by atoms with van der Waals surface area (Å²) in [6, 6.07) is 3.91. The second-order valence-corrected chi connectivity index (χ2v) is 6.19. The zero-order valence-corrected chi connectivity index (χ0v) is 11.8. The van der Waals surface area contributed by atoms with Gasteiger partial charge in [0.15, 0.2) is 0 Å². The van der Waals surface area contributed by atoms with Crippen molar-refractivity contribution in [1.82, 2.24) is 4.89 Å². The summed E-state index contributed by atoms with van der Waals surface area (Å²) in [6.45, 7) is 5.58. The van der Waals surface area contributed by atoms with Crippen molar-refractivity contribution in [1.29, 1.82) is 0 Å². The number of hydrogen-bond acceptors (Lipinski definition) is 4. The fourth-order valence-electron chi connectivity index (χ4n) is 1.35. The molecule has 0 fully saturated rings. The molecule has 0 atom stereocenters. The Morgan fingerprint density at radius 3 is 2.58 bits per heavy atom. The highest BCUT2D eigenvalue weighted by atomic mass is 32.2. The van der Waals surface area contributed by atoms with Gasteiger partial charge in [-0.15, -0.1) is 0 Å². The van der Waals surface area contributed by atoms with E-state index in [2.05, 4.69) is 0 Å². The molecule has 2 N–H and O–H groups in total. The molecule has 0 radical (unpaired) electrons. The van der Waals surface area contributed by atoms with Gasteiger partial charge in [-0.1, -0.05) is 24.8 Å². The van der Waals surface area contributed by atoms with Gasteiger partial charge in [-0.3, -0.25) is 4.84 Å². The van der Waals surface area contributed by atoms with Crippen molar-refractivity contribution in [3.63, 3.8) is 0 Å². The highest BCUT2D eigenvalue weighted by molar-refractivity contribution is 7.89. The first-order chi connectivity index (χ1) is 8.74. The highest BCUT2D eigenvalue weighted by Crippen LogP contribution is 2.17. The Kier molecular flexibility index (Phi) is 5.04. The van der Waals surface area contributed by atoms with Gasteiger partial charge in [0.05, 0.1) is 17.1 Å². The standard InChI is InChI=1S/C12H17NO5S/c1-8(2)7-18-13-19(16,17)11-6-10(12(14)15)5-4-9(11)3/h4-6,8,13H,7H2,1-3H3,(H,14,15). The van der Waals surface area contributed by atoms with E-state index in [1.165, 1.54) is 12.1 Å². The predicted molar refractivity (Wildman–Crippen MR) is 69.2 cm³/mol. The van der Waals surface area contributed by atoms with E-state index in [-0.39, 0.29) is 23.0 Å². The number of benzene rings is 1. The monoisotopic (exact) mass is 287 g/mol. The van der Waals surface area contributed by atoms with Gasteiger partial charge in [-0.05, 0) is 30.5 Å². The Hall–Kier alpha value is -1.44. The molecule has 1 aromatic rings. The summed E-state index contributed by atoms with van der Waals surface area (Å²) in [5.41, 5.74) is 0.362. The summed E-state index contributed by atoms with van der Waals surface area (Å²) < 4.78 is 24.0. The van der Waals surface area contributed by atoms with Crippen molar-refractivity contribution < 1.29 is 23.2 Å². The molecule has 0 saturated carbocycles. The second-order valence-electron chi connectivity index (χ2n) is 4.58. The van der Waals surface area contributed by atoms with Crippen molar-refractivity contribution in [3.8, 4) is 0 Å². The van der Waals surface area contributed by atoms with Crippen LogP contribution in [0.3, 0.4) is 0 Å². The maximum absolute atomic E-state index is 12.0. The van der Waals surface area contributed by atoms with E-state index >= 15 is 0 Å². The van der Waals surface area contributed by atoms with E-state index in [4.69, 9.17) is 9.94 Å². The summed E-state index contributed by atoms with van der Waals surface area (Å²) in [6.07, 6.45) is 0. The number of sulfonamides is 1. The van der Waals surface area contributed by atoms with Crippen LogP contribution in [0.1, 0.15) is 29.8 Å². The fraction of sp³-hybridized carbons (Fsp3) is 0.417. The lowest BCUT2D eigenvalue weighted by Gasteiger charge is -2.11. The van der Waals surface area contributed by atoms with E-state index in [0.29, 0.717) is 5.56 Å². The summed E-state index contributed by atoms with van der Waals surface area (Å²) in [5.74, 6) is -1.01. The molecule has 0 aliphatic carbocycles. The average Bonchev–Trinajstić information content (AvgIpc) is 2.28. The quantitative estimate of drug-likeness (QED) is 0.774. The molecular formula is C12H17NO5S. The van der Waals surface area contributed by atoms with Crippen LogP contribution < -0.4 is 4.89 Å². The lowest BCUT2D eigenvalue weighted by molar-refractivity contribution is 0.0696. The number of aryl methyl sites for hydroxylation is 1. The van der Waals surface area contributed by atoms with Crippen LogP contribution >= 0.6 is 0 Å². The number of nitrogens with one attached hydrogen (secondary N) is 1. The van der Waals surface area contributed by atoms with Crippen molar-refractivity contribution in [2.75, 3.05) is 6.61 Å². The van der Waals surface area contributed by atoms with Crippen LogP contribution in [-0.2, 0) is 14.9 Å². The normalized spacial score (nSPS) is 11.8. The molecule has 7 heteroatoms. The first-order valence-electron chi connectivity index (χ1n) is 5.71. The SMILES string of the molecule is Cc1ccc(C(=O)O)cc1S(=O)(=O)NOCC(C)C. The molecule has 0 aromatic heterocycles. The zero-order valence-electron chi connectivity index (χ0n) is 11.0. The Bertz CT molecular complexity index is 565. The van der Waals surface area contributed by atoms with Gasteiger partial charge in [-0.2, -0.15) is 0 Å². The first-order valence-corrected chi connectivity index (χ1v) is 7.20. The smallest absolute Gasteiger partial charge is 0.335 e. The van der Waals surface area contributed by atoms with Crippen molar-refractivity contribution >= 4 is 16.0 Å². The van der Waals surface area contributed by atoms with Gasteiger partial charge >= 0.3 is 5.97 Å². The second kappa shape index (κ2) is 6.14. The van der Waals surface area contributed by atoms with Gasteiger partial charge in [0.1, 0.15) is 0 Å². The van der Waals surface area contributed by atoms with E-state index in [0.717, 1.165) is 6.07 Å². The van der Waals surface area contributed by atoms with Crippen LogP contribution in [0.2, 0.25) is 0 Å². The van der Waals surface area contributed by atoms with Crippen molar-refractivity contribution in [3.05, 3.63) is 29.3 Å². The molecule has 1 rings (SSSR count). The number of aromatic carboxylic acids is 1. The largest absolute Gasteiger partial charge is 0.478 e. The number of rotatable bonds is 6. The van der Waals surface area contributed by atoms with E-state index < -0.39 is 16.0 Å². The van der Waals surface area contributed by atoms with Crippen LogP contribution in [0.25, 0.3) is 0 Å². The third kappa shape index (κ3) is 4.30. The lowest BCUT2D eigenvalue weighted by atomic mass is 10.1. The molecule has 106 valence electrons. The molecule has 0 spiro atoms. The first kappa shape index (κ1) is 15.6. The number of carbonyl (C=O) groups is 1. The molecule has 0 aliphatic rings. The van der Waals surface area contributed by atoms with Gasteiger partial charge in [-0.25, -0.2) is 13.2 Å². The summed E-state index contributed by atoms with van der Waals surface area (Å²) >= 11 is 0. The van der Waals surface area contributed by atoms with Gasteiger partial charge in [0, 0.05) is 0 Å². The Morgan fingerprint density at radius 1 is 1.42 bits per heavy atom. The van der Waals surface area contributed by atoms with Gasteiger partial charge < -0.3 is 5.11 Å². The van der Waals surface area contributed by atoms with Gasteiger partial charge in [0.2, 0.25) is 0 Å². The number of hydrogen-bond donors (Lipinski definition) is 2. The molecule has 0 unspecified atom stereocenters. The third-order valence-corrected chi connectivity index (χ3v) is 3.67. The molecule has 0 bridgehead atoms.